The summed E-state index contributed by atoms with van der Waals surface area (Å²) >= 11 is 0. The average molecular weight is 280 g/mol. The monoisotopic (exact) mass is 280 g/mol. The summed E-state index contributed by atoms with van der Waals surface area (Å²) in [6.45, 7) is 15.8. The second-order valence-electron chi connectivity index (χ2n) is 8.85. The molecule has 0 aromatic rings. The minimum atomic E-state index is 0.437. The van der Waals surface area contributed by atoms with Gasteiger partial charge in [0.2, 0.25) is 0 Å². The lowest BCUT2D eigenvalue weighted by Gasteiger charge is -2.42. The van der Waals surface area contributed by atoms with Crippen LogP contribution >= 0.6 is 0 Å². The van der Waals surface area contributed by atoms with Gasteiger partial charge in [0.1, 0.15) is 0 Å². The molecule has 4 atom stereocenters. The predicted molar refractivity (Wildman–Crippen MR) is 87.6 cm³/mol. The van der Waals surface area contributed by atoms with E-state index in [0.717, 1.165) is 23.7 Å². The van der Waals surface area contributed by atoms with E-state index in [1.54, 1.807) is 0 Å². The number of hydrogen-bond acceptors (Lipinski definition) is 2. The van der Waals surface area contributed by atoms with Gasteiger partial charge in [-0.1, -0.05) is 34.6 Å². The van der Waals surface area contributed by atoms with Crippen molar-refractivity contribution in [3.63, 3.8) is 0 Å². The quantitative estimate of drug-likeness (QED) is 0.853. The highest BCUT2D eigenvalue weighted by Gasteiger charge is 2.36. The van der Waals surface area contributed by atoms with E-state index in [4.69, 9.17) is 5.73 Å². The summed E-state index contributed by atoms with van der Waals surface area (Å²) in [5.74, 6) is 3.32. The fraction of sp³-hybridized carbons (Fsp3) is 1.00. The van der Waals surface area contributed by atoms with Crippen LogP contribution in [-0.4, -0.2) is 30.6 Å². The Labute approximate surface area is 126 Å². The largest absolute Gasteiger partial charge is 0.327 e. The Morgan fingerprint density at radius 3 is 2.40 bits per heavy atom. The van der Waals surface area contributed by atoms with Gasteiger partial charge in [-0.15, -0.1) is 0 Å². The fourth-order valence-corrected chi connectivity index (χ4v) is 4.19. The van der Waals surface area contributed by atoms with Crippen LogP contribution in [0.2, 0.25) is 0 Å². The molecule has 2 fully saturated rings. The van der Waals surface area contributed by atoms with E-state index in [1.165, 1.54) is 45.3 Å². The maximum atomic E-state index is 6.43. The van der Waals surface area contributed by atoms with Gasteiger partial charge in [0.25, 0.3) is 0 Å². The Balaban J connectivity index is 1.88. The van der Waals surface area contributed by atoms with Crippen LogP contribution in [-0.2, 0) is 0 Å². The highest BCUT2D eigenvalue weighted by Crippen LogP contribution is 2.40. The summed E-state index contributed by atoms with van der Waals surface area (Å²) in [6, 6.07) is 0.437. The van der Waals surface area contributed by atoms with Crippen molar-refractivity contribution in [3.8, 4) is 0 Å². The lowest BCUT2D eigenvalue weighted by atomic mass is 9.67. The molecule has 1 saturated carbocycles. The van der Waals surface area contributed by atoms with Crippen LogP contribution in [0.15, 0.2) is 0 Å². The van der Waals surface area contributed by atoms with E-state index >= 15 is 0 Å². The molecule has 20 heavy (non-hydrogen) atoms. The summed E-state index contributed by atoms with van der Waals surface area (Å²) < 4.78 is 0. The number of hydrogen-bond donors (Lipinski definition) is 1. The Morgan fingerprint density at radius 1 is 1.15 bits per heavy atom. The average Bonchev–Trinajstić information content (AvgIpc) is 2.79. The van der Waals surface area contributed by atoms with Gasteiger partial charge in [-0.05, 0) is 61.3 Å². The van der Waals surface area contributed by atoms with Gasteiger partial charge in [0.05, 0.1) is 0 Å². The zero-order valence-electron chi connectivity index (χ0n) is 14.4. The maximum absolute atomic E-state index is 6.43. The van der Waals surface area contributed by atoms with Gasteiger partial charge in [-0.25, -0.2) is 0 Å². The van der Waals surface area contributed by atoms with E-state index in [9.17, 15) is 0 Å². The van der Waals surface area contributed by atoms with E-state index in [0.29, 0.717) is 11.5 Å². The molecule has 0 aromatic carbocycles. The molecule has 1 aliphatic heterocycles. The van der Waals surface area contributed by atoms with Crippen LogP contribution in [0.3, 0.4) is 0 Å². The first-order valence-corrected chi connectivity index (χ1v) is 8.75. The van der Waals surface area contributed by atoms with E-state index in [-0.39, 0.29) is 0 Å². The number of rotatable bonds is 3. The first-order chi connectivity index (χ1) is 9.27. The smallest absolute Gasteiger partial charge is 0.00795 e. The SMILES string of the molecule is CC(C)C1CCN(CC2CC(C(C)(C)C)CCC2N)C1. The van der Waals surface area contributed by atoms with E-state index in [1.807, 2.05) is 0 Å². The lowest BCUT2D eigenvalue weighted by Crippen LogP contribution is -2.44. The van der Waals surface area contributed by atoms with Gasteiger partial charge >= 0.3 is 0 Å². The van der Waals surface area contributed by atoms with Crippen molar-refractivity contribution in [2.45, 2.75) is 66.3 Å². The molecule has 2 nitrogen and oxygen atoms in total. The molecule has 2 heteroatoms. The van der Waals surface area contributed by atoms with Gasteiger partial charge in [0.15, 0.2) is 0 Å². The molecule has 0 amide bonds. The van der Waals surface area contributed by atoms with Crippen LogP contribution in [0.1, 0.15) is 60.3 Å². The Hall–Kier alpha value is -0.0800. The normalized spacial score (nSPS) is 36.8. The second-order valence-corrected chi connectivity index (χ2v) is 8.85. The van der Waals surface area contributed by atoms with Crippen LogP contribution in [0.25, 0.3) is 0 Å². The van der Waals surface area contributed by atoms with Crippen molar-refractivity contribution in [1.82, 2.24) is 4.90 Å². The highest BCUT2D eigenvalue weighted by molar-refractivity contribution is 4.90. The minimum Gasteiger partial charge on any atom is -0.327 e. The second kappa shape index (κ2) is 6.36. The third-order valence-corrected chi connectivity index (χ3v) is 6.01. The molecule has 1 aliphatic carbocycles. The molecule has 0 aromatic heterocycles. The van der Waals surface area contributed by atoms with Crippen LogP contribution in [0.5, 0.6) is 0 Å². The van der Waals surface area contributed by atoms with Crippen LogP contribution in [0, 0.1) is 29.1 Å². The molecule has 0 spiro atoms. The maximum Gasteiger partial charge on any atom is 0.00795 e. The molecule has 1 heterocycles. The molecule has 2 N–H and O–H groups in total. The standard InChI is InChI=1S/C18H36N2/c1-13(2)14-8-9-20(11-14)12-15-10-16(18(3,4)5)6-7-17(15)19/h13-17H,6-12,19H2,1-5H3. The van der Waals surface area contributed by atoms with Crippen LogP contribution < -0.4 is 5.73 Å². The van der Waals surface area contributed by atoms with Gasteiger partial charge in [-0.2, -0.15) is 0 Å². The van der Waals surface area contributed by atoms with Crippen molar-refractivity contribution in [2.24, 2.45) is 34.8 Å². The zero-order chi connectivity index (χ0) is 14.9. The van der Waals surface area contributed by atoms with E-state index < -0.39 is 0 Å². The summed E-state index contributed by atoms with van der Waals surface area (Å²) in [4.78, 5) is 2.69. The first kappa shape index (κ1) is 16.3. The van der Waals surface area contributed by atoms with Crippen molar-refractivity contribution in [3.05, 3.63) is 0 Å². The van der Waals surface area contributed by atoms with Crippen molar-refractivity contribution >= 4 is 0 Å². The van der Waals surface area contributed by atoms with Gasteiger partial charge < -0.3 is 10.6 Å². The molecule has 118 valence electrons. The molecule has 0 radical (unpaired) electrons. The van der Waals surface area contributed by atoms with Crippen LogP contribution in [0.4, 0.5) is 0 Å². The summed E-state index contributed by atoms with van der Waals surface area (Å²) in [7, 11) is 0. The number of likely N-dealkylation sites (tertiary alicyclic amines) is 1. The third-order valence-electron chi connectivity index (χ3n) is 6.01. The molecular formula is C18H36N2. The third kappa shape index (κ3) is 3.98. The molecule has 0 bridgehead atoms. The minimum absolute atomic E-state index is 0.437. The summed E-state index contributed by atoms with van der Waals surface area (Å²) in [5.41, 5.74) is 6.88. The molecule has 2 rings (SSSR count). The Kier molecular flexibility index (Phi) is 5.18. The number of nitrogens with zero attached hydrogens (tertiary/aromatic N) is 1. The highest BCUT2D eigenvalue weighted by atomic mass is 15.1. The van der Waals surface area contributed by atoms with Gasteiger partial charge in [0, 0.05) is 19.1 Å². The first-order valence-electron chi connectivity index (χ1n) is 8.75. The molecule has 4 unspecified atom stereocenters. The van der Waals surface area contributed by atoms with Crippen molar-refractivity contribution in [1.29, 1.82) is 0 Å². The lowest BCUT2D eigenvalue weighted by molar-refractivity contribution is 0.104. The molecular weight excluding hydrogens is 244 g/mol. The van der Waals surface area contributed by atoms with E-state index in [2.05, 4.69) is 39.5 Å². The molecule has 1 saturated heterocycles. The summed E-state index contributed by atoms with van der Waals surface area (Å²) in [6.07, 6.45) is 5.29. The molecule has 2 aliphatic rings. The topological polar surface area (TPSA) is 29.3 Å². The fourth-order valence-electron chi connectivity index (χ4n) is 4.19. The van der Waals surface area contributed by atoms with Crippen molar-refractivity contribution in [2.75, 3.05) is 19.6 Å². The Bertz CT molecular complexity index is 305. The number of nitrogens with two attached hydrogens (primary N) is 1. The van der Waals surface area contributed by atoms with Crippen molar-refractivity contribution < 1.29 is 0 Å². The summed E-state index contributed by atoms with van der Waals surface area (Å²) in [5, 5.41) is 0. The zero-order valence-corrected chi connectivity index (χ0v) is 14.4. The van der Waals surface area contributed by atoms with Gasteiger partial charge in [-0.3, -0.25) is 0 Å². The Morgan fingerprint density at radius 2 is 1.85 bits per heavy atom. The predicted octanol–water partition coefficient (Wildman–Crippen LogP) is 3.75.